The molecule has 34 heavy (non-hydrogen) atoms. The van der Waals surface area contributed by atoms with Crippen LogP contribution in [0.1, 0.15) is 44.4 Å². The molecule has 0 saturated heterocycles. The highest BCUT2D eigenvalue weighted by molar-refractivity contribution is 6.11. The molecule has 0 aliphatic heterocycles. The average molecular weight is 459 g/mol. The van der Waals surface area contributed by atoms with E-state index in [9.17, 15) is 14.7 Å². The maximum absolute atomic E-state index is 12.3. The van der Waals surface area contributed by atoms with Crippen LogP contribution in [0.15, 0.2) is 53.8 Å². The highest BCUT2D eigenvalue weighted by Crippen LogP contribution is 2.28. The molecule has 1 saturated carbocycles. The number of nitrogens with one attached hydrogen (secondary N) is 1. The monoisotopic (exact) mass is 458 g/mol. The molecule has 1 fully saturated rings. The van der Waals surface area contributed by atoms with Crippen LogP contribution in [0.4, 0.5) is 11.5 Å². The van der Waals surface area contributed by atoms with Crippen molar-refractivity contribution in [3.8, 4) is 0 Å². The van der Waals surface area contributed by atoms with Gasteiger partial charge in [-0.3, -0.25) is 14.8 Å². The third-order valence-electron chi connectivity index (χ3n) is 6.14. The Morgan fingerprint density at radius 1 is 1.21 bits per heavy atom. The molecule has 0 bridgehead atoms. The van der Waals surface area contributed by atoms with Crippen LogP contribution in [-0.2, 0) is 16.0 Å². The van der Waals surface area contributed by atoms with E-state index < -0.39 is 12.0 Å². The van der Waals surface area contributed by atoms with Gasteiger partial charge in [0.05, 0.1) is 5.92 Å². The third kappa shape index (κ3) is 5.47. The lowest BCUT2D eigenvalue weighted by atomic mass is 9.93. The van der Waals surface area contributed by atoms with E-state index in [1.165, 1.54) is 0 Å². The van der Waals surface area contributed by atoms with Crippen molar-refractivity contribution in [2.45, 2.75) is 52.5 Å². The summed E-state index contributed by atoms with van der Waals surface area (Å²) in [5, 5.41) is 15.1. The second-order valence-electron chi connectivity index (χ2n) is 9.36. The van der Waals surface area contributed by atoms with Crippen molar-refractivity contribution in [1.82, 2.24) is 9.97 Å². The van der Waals surface area contributed by atoms with Crippen LogP contribution in [-0.4, -0.2) is 38.6 Å². The summed E-state index contributed by atoms with van der Waals surface area (Å²) in [5.41, 5.74) is 3.37. The maximum atomic E-state index is 12.3. The van der Waals surface area contributed by atoms with Crippen LogP contribution in [0.25, 0.3) is 10.8 Å². The van der Waals surface area contributed by atoms with Crippen LogP contribution in [0.5, 0.6) is 0 Å². The average Bonchev–Trinajstić information content (AvgIpc) is 3.13. The molecule has 2 aromatic heterocycles. The first-order valence-corrected chi connectivity index (χ1v) is 11.7. The Balaban J connectivity index is 1.50. The van der Waals surface area contributed by atoms with Crippen LogP contribution < -0.4 is 5.32 Å². The number of hydrogen-bond donors (Lipinski definition) is 2. The predicted molar refractivity (Wildman–Crippen MR) is 134 cm³/mol. The number of aliphatic imine (C=N–C) groups is 1. The molecule has 1 aliphatic rings. The molecule has 2 atom stereocenters. The second-order valence-corrected chi connectivity index (χ2v) is 9.36. The summed E-state index contributed by atoms with van der Waals surface area (Å²) in [6, 6.07) is 10.7. The zero-order valence-corrected chi connectivity index (χ0v) is 19.8. The largest absolute Gasteiger partial charge is 0.480 e. The minimum atomic E-state index is -0.972. The molecule has 1 aliphatic carbocycles. The van der Waals surface area contributed by atoms with E-state index >= 15 is 0 Å². The number of anilines is 2. The summed E-state index contributed by atoms with van der Waals surface area (Å²) >= 11 is 0. The highest BCUT2D eigenvalue weighted by Gasteiger charge is 2.32. The van der Waals surface area contributed by atoms with E-state index in [2.05, 4.69) is 34.1 Å². The smallest absolute Gasteiger partial charge is 0.328 e. The summed E-state index contributed by atoms with van der Waals surface area (Å²) in [6.45, 7) is 6.09. The van der Waals surface area contributed by atoms with Crippen LogP contribution in [0, 0.1) is 18.8 Å². The number of carboxylic acids is 1. The first kappa shape index (κ1) is 23.5. The molecule has 0 radical (unpaired) electrons. The van der Waals surface area contributed by atoms with Crippen molar-refractivity contribution >= 4 is 39.7 Å². The minimum absolute atomic E-state index is 0.180. The first-order valence-electron chi connectivity index (χ1n) is 11.7. The highest BCUT2D eigenvalue weighted by atomic mass is 16.4. The molecule has 1 aromatic carbocycles. The molecule has 3 aromatic rings. The van der Waals surface area contributed by atoms with Gasteiger partial charge in [-0.15, -0.1) is 0 Å². The van der Waals surface area contributed by atoms with Gasteiger partial charge in [-0.1, -0.05) is 26.0 Å². The van der Waals surface area contributed by atoms with Gasteiger partial charge in [0.15, 0.2) is 6.04 Å². The van der Waals surface area contributed by atoms with Crippen molar-refractivity contribution in [1.29, 1.82) is 0 Å². The van der Waals surface area contributed by atoms with Gasteiger partial charge < -0.3 is 10.4 Å². The molecule has 176 valence electrons. The zero-order chi connectivity index (χ0) is 24.2. The molecule has 7 heteroatoms. The molecular formula is C27H30N4O3. The van der Waals surface area contributed by atoms with E-state index in [1.54, 1.807) is 12.4 Å². The minimum Gasteiger partial charge on any atom is -0.480 e. The third-order valence-corrected chi connectivity index (χ3v) is 6.14. The van der Waals surface area contributed by atoms with Gasteiger partial charge in [0.2, 0.25) is 0 Å². The number of carbonyl (C=O) groups is 2. The number of aryl methyl sites for hydroxylation is 1. The number of benzene rings is 1. The van der Waals surface area contributed by atoms with Crippen molar-refractivity contribution in [2.24, 2.45) is 16.8 Å². The van der Waals surface area contributed by atoms with E-state index in [1.807, 2.05) is 43.3 Å². The molecule has 0 amide bonds. The maximum Gasteiger partial charge on any atom is 0.328 e. The number of aromatic nitrogens is 2. The van der Waals surface area contributed by atoms with E-state index in [0.29, 0.717) is 18.8 Å². The number of ketones is 1. The normalized spacial score (nSPS) is 18.1. The number of fused-ring (bicyclic) bond motifs is 1. The van der Waals surface area contributed by atoms with E-state index in [0.717, 1.165) is 45.7 Å². The Morgan fingerprint density at radius 2 is 1.97 bits per heavy atom. The van der Waals surface area contributed by atoms with Crippen molar-refractivity contribution in [3.63, 3.8) is 0 Å². The number of carbonyl (C=O) groups excluding carboxylic acids is 1. The Morgan fingerprint density at radius 3 is 2.68 bits per heavy atom. The molecule has 2 heterocycles. The van der Waals surface area contributed by atoms with Gasteiger partial charge in [0.25, 0.3) is 0 Å². The lowest BCUT2D eigenvalue weighted by molar-refractivity contribution is -0.138. The van der Waals surface area contributed by atoms with Gasteiger partial charge in [-0.05, 0) is 60.9 Å². The Bertz CT molecular complexity index is 1230. The fourth-order valence-electron chi connectivity index (χ4n) is 4.47. The lowest BCUT2D eigenvalue weighted by Crippen LogP contribution is -2.25. The number of carboxylic acid groups (broad SMARTS) is 1. The molecule has 2 unspecified atom stereocenters. The van der Waals surface area contributed by atoms with Crippen molar-refractivity contribution < 1.29 is 14.7 Å². The topological polar surface area (TPSA) is 105 Å². The molecule has 2 N–H and O–H groups in total. The quantitative estimate of drug-likeness (QED) is 0.484. The number of nitrogens with zero attached hydrogens (tertiary/aromatic N) is 3. The van der Waals surface area contributed by atoms with E-state index in [4.69, 9.17) is 0 Å². The molecule has 7 nitrogen and oxygen atoms in total. The summed E-state index contributed by atoms with van der Waals surface area (Å²) in [7, 11) is 0. The van der Waals surface area contributed by atoms with Crippen molar-refractivity contribution in [3.05, 3.63) is 60.0 Å². The van der Waals surface area contributed by atoms with Gasteiger partial charge >= 0.3 is 5.97 Å². The number of Topliss-reactive ketones (excluding diaryl/α,β-unsaturated/α-hetero) is 1. The number of rotatable bonds is 8. The lowest BCUT2D eigenvalue weighted by Gasteiger charge is -2.15. The Hall–Kier alpha value is -3.61. The molecule has 0 spiro atoms. The van der Waals surface area contributed by atoms with Gasteiger partial charge in [0.1, 0.15) is 11.6 Å². The summed E-state index contributed by atoms with van der Waals surface area (Å²) in [6.07, 6.45) is 5.57. The number of pyridine rings is 2. The standard InChI is InChI=1S/C27H30N4O3/c1-16(2)12-21-23(8-9-25(21)32)31-24(27(33)34)14-18-4-6-20(7-5-18)30-26-22-15-28-11-10-19(22)13-17(3)29-26/h4-7,10-11,13,15-16,21,24H,8-9,12,14H2,1-3H3,(H,29,30)(H,33,34). The fourth-order valence-corrected chi connectivity index (χ4v) is 4.47. The zero-order valence-electron chi connectivity index (χ0n) is 19.8. The SMILES string of the molecule is Cc1cc2ccncc2c(Nc2ccc(CC(N=C3CCC(=O)C3CC(C)C)C(=O)O)cc2)n1. The predicted octanol–water partition coefficient (Wildman–Crippen LogP) is 5.14. The molecular weight excluding hydrogens is 428 g/mol. The van der Waals surface area contributed by atoms with Gasteiger partial charge in [-0.25, -0.2) is 9.78 Å². The molecule has 4 rings (SSSR count). The fraction of sp³-hybridized carbons (Fsp3) is 0.370. The second kappa shape index (κ2) is 10.1. The van der Waals surface area contributed by atoms with Crippen LogP contribution in [0.2, 0.25) is 0 Å². The Labute approximate surface area is 199 Å². The number of hydrogen-bond acceptors (Lipinski definition) is 6. The summed E-state index contributed by atoms with van der Waals surface area (Å²) in [5.74, 6) is 0.0588. The van der Waals surface area contributed by atoms with E-state index in [-0.39, 0.29) is 18.1 Å². The van der Waals surface area contributed by atoms with Crippen molar-refractivity contribution in [2.75, 3.05) is 5.32 Å². The van der Waals surface area contributed by atoms with Gasteiger partial charge in [-0.2, -0.15) is 0 Å². The Kier molecular flexibility index (Phi) is 7.01. The van der Waals surface area contributed by atoms with Crippen LogP contribution >= 0.6 is 0 Å². The first-order chi connectivity index (χ1) is 16.3. The van der Waals surface area contributed by atoms with Crippen LogP contribution in [0.3, 0.4) is 0 Å². The summed E-state index contributed by atoms with van der Waals surface area (Å²) < 4.78 is 0. The number of aliphatic carboxylic acids is 1. The van der Waals surface area contributed by atoms with Gasteiger partial charge in [0, 0.05) is 47.7 Å². The summed E-state index contributed by atoms with van der Waals surface area (Å²) in [4.78, 5) is 37.6.